The topological polar surface area (TPSA) is 169 Å². The van der Waals surface area contributed by atoms with Crippen molar-refractivity contribution in [3.8, 4) is 0 Å². The van der Waals surface area contributed by atoms with Crippen molar-refractivity contribution < 1.29 is 47.8 Å². The van der Waals surface area contributed by atoms with Gasteiger partial charge in [-0.25, -0.2) is 9.36 Å². The Morgan fingerprint density at radius 3 is 1.46 bits per heavy atom. The molecule has 3 unspecified atom stereocenters. The Morgan fingerprint density at radius 1 is 0.596 bits per heavy atom. The van der Waals surface area contributed by atoms with Gasteiger partial charge in [0.15, 0.2) is 6.04 Å². The van der Waals surface area contributed by atoms with Gasteiger partial charge >= 0.3 is 19.8 Å². The van der Waals surface area contributed by atoms with Crippen LogP contribution in [0.3, 0.4) is 0 Å². The van der Waals surface area contributed by atoms with E-state index in [1.165, 1.54) is 116 Å². The first-order valence-corrected chi connectivity index (χ1v) is 22.2. The number of esters is 1. The number of carboxylic acids is 1. The average Bonchev–Trinajstić information content (AvgIpc) is 3.11. The highest BCUT2D eigenvalue weighted by Crippen LogP contribution is 2.43. The van der Waals surface area contributed by atoms with Crippen molar-refractivity contribution in [3.05, 3.63) is 12.2 Å². The van der Waals surface area contributed by atoms with Crippen LogP contribution in [-0.2, 0) is 32.7 Å². The maximum Gasteiger partial charge on any atom is 0.472 e. The van der Waals surface area contributed by atoms with Gasteiger partial charge in [0.1, 0.15) is 12.7 Å². The first-order valence-electron chi connectivity index (χ1n) is 20.7. The smallest absolute Gasteiger partial charge is 0.472 e. The number of carbonyl (C=O) groups excluding carboxylic acids is 2. The van der Waals surface area contributed by atoms with Gasteiger partial charge in [-0.05, 0) is 38.5 Å². The molecule has 4 N–H and O–H groups in total. The van der Waals surface area contributed by atoms with Crippen molar-refractivity contribution in [1.29, 1.82) is 0 Å². The summed E-state index contributed by atoms with van der Waals surface area (Å²) in [5.41, 5.74) is 0. The molecule has 306 valence electrons. The zero-order valence-corrected chi connectivity index (χ0v) is 33.8. The Kier molecular flexibility index (Phi) is 35.0. The second kappa shape index (κ2) is 36.2. The second-order valence-corrected chi connectivity index (χ2v) is 15.6. The molecule has 0 aliphatic rings. The number of aliphatic hydroxyl groups excluding tert-OH is 1. The number of carbonyl (C=O) groups is 3. The predicted octanol–water partition coefficient (Wildman–Crippen LogP) is 10.1. The van der Waals surface area contributed by atoms with Crippen molar-refractivity contribution in [3.63, 3.8) is 0 Å². The number of aliphatic hydroxyl groups is 1. The summed E-state index contributed by atoms with van der Waals surface area (Å²) in [5, 5.41) is 21.7. The molecular formula is C40H76NO10P. The molecule has 0 fully saturated rings. The summed E-state index contributed by atoms with van der Waals surface area (Å²) in [7, 11) is -4.74. The Labute approximate surface area is 316 Å². The fourth-order valence-corrected chi connectivity index (χ4v) is 6.55. The van der Waals surface area contributed by atoms with Crippen molar-refractivity contribution in [2.75, 3.05) is 19.8 Å². The summed E-state index contributed by atoms with van der Waals surface area (Å²) in [4.78, 5) is 45.7. The zero-order valence-electron chi connectivity index (χ0n) is 32.9. The van der Waals surface area contributed by atoms with E-state index >= 15 is 0 Å². The van der Waals surface area contributed by atoms with Crippen molar-refractivity contribution >= 4 is 25.7 Å². The van der Waals surface area contributed by atoms with Gasteiger partial charge in [0.2, 0.25) is 5.91 Å². The lowest BCUT2D eigenvalue weighted by atomic mass is 10.1. The third-order valence-corrected chi connectivity index (χ3v) is 10.0. The minimum absolute atomic E-state index is 0.146. The highest BCUT2D eigenvalue weighted by Gasteiger charge is 2.28. The zero-order chi connectivity index (χ0) is 38.5. The first-order chi connectivity index (χ1) is 25.1. The summed E-state index contributed by atoms with van der Waals surface area (Å²) in [6.07, 6.45) is 33.9. The average molecular weight is 762 g/mol. The van der Waals surface area contributed by atoms with Crippen LogP contribution in [0, 0.1) is 0 Å². The minimum Gasteiger partial charge on any atom is -0.480 e. The number of phosphoric ester groups is 1. The van der Waals surface area contributed by atoms with Crippen LogP contribution in [0.25, 0.3) is 0 Å². The van der Waals surface area contributed by atoms with Crippen LogP contribution < -0.4 is 5.32 Å². The molecule has 0 heterocycles. The van der Waals surface area contributed by atoms with Crippen LogP contribution in [0.1, 0.15) is 194 Å². The SMILES string of the molecule is CCCCCCCC/C=C/CCCCCCCCCCCC(=O)NC(COP(=O)(O)OCC(O)COC(=O)CCCCCCCCCCC)C(=O)O. The molecule has 0 rings (SSSR count). The van der Waals surface area contributed by atoms with Crippen LogP contribution in [0.5, 0.6) is 0 Å². The molecule has 0 aliphatic heterocycles. The van der Waals surface area contributed by atoms with E-state index < -0.39 is 57.6 Å². The van der Waals surface area contributed by atoms with Gasteiger partial charge in [0.25, 0.3) is 0 Å². The van der Waals surface area contributed by atoms with Gasteiger partial charge in [-0.1, -0.05) is 154 Å². The number of aliphatic carboxylic acids is 1. The third kappa shape index (κ3) is 35.3. The highest BCUT2D eigenvalue weighted by atomic mass is 31.2. The molecule has 12 heteroatoms. The van der Waals surface area contributed by atoms with Crippen LogP contribution in [0.4, 0.5) is 0 Å². The molecule has 0 aliphatic carbocycles. The molecular weight excluding hydrogens is 685 g/mol. The molecule has 1 amide bonds. The maximum atomic E-state index is 12.3. The Bertz CT molecular complexity index is 947. The normalized spacial score (nSPS) is 13.9. The summed E-state index contributed by atoms with van der Waals surface area (Å²) in [5.74, 6) is -2.37. The quantitative estimate of drug-likeness (QED) is 0.0205. The minimum atomic E-state index is -4.74. The van der Waals surface area contributed by atoms with Crippen LogP contribution in [0.2, 0.25) is 0 Å². The van der Waals surface area contributed by atoms with Crippen LogP contribution in [-0.4, -0.2) is 64.9 Å². The van der Waals surface area contributed by atoms with Crippen molar-refractivity contribution in [2.45, 2.75) is 206 Å². The molecule has 0 radical (unpaired) electrons. The molecule has 0 saturated heterocycles. The number of hydrogen-bond acceptors (Lipinski definition) is 8. The van der Waals surface area contributed by atoms with Gasteiger partial charge in [-0.3, -0.25) is 18.6 Å². The summed E-state index contributed by atoms with van der Waals surface area (Å²) < 4.78 is 26.7. The summed E-state index contributed by atoms with van der Waals surface area (Å²) >= 11 is 0. The van der Waals surface area contributed by atoms with Crippen molar-refractivity contribution in [1.82, 2.24) is 5.32 Å². The molecule has 0 bridgehead atoms. The van der Waals surface area contributed by atoms with E-state index in [-0.39, 0.29) is 12.8 Å². The highest BCUT2D eigenvalue weighted by molar-refractivity contribution is 7.47. The predicted molar refractivity (Wildman–Crippen MR) is 208 cm³/mol. The number of amides is 1. The number of allylic oxidation sites excluding steroid dienone is 2. The number of unbranched alkanes of at least 4 members (excludes halogenated alkanes) is 23. The largest absolute Gasteiger partial charge is 0.480 e. The first kappa shape index (κ1) is 50.2. The molecule has 11 nitrogen and oxygen atoms in total. The van der Waals surface area contributed by atoms with Gasteiger partial charge in [-0.15, -0.1) is 0 Å². The molecule has 0 saturated carbocycles. The van der Waals surface area contributed by atoms with Gasteiger partial charge in [0.05, 0.1) is 13.2 Å². The molecule has 0 spiro atoms. The van der Waals surface area contributed by atoms with E-state index in [0.717, 1.165) is 38.5 Å². The maximum absolute atomic E-state index is 12.3. The van der Waals surface area contributed by atoms with Gasteiger partial charge in [0, 0.05) is 12.8 Å². The number of ether oxygens (including phenoxy) is 1. The standard InChI is InChI=1S/C40H76NO10P/c1-3-5-7-9-11-13-14-15-16-17-18-19-20-21-22-24-25-27-29-31-38(43)41-37(40(45)46)35-51-52(47,48)50-34-36(42)33-49-39(44)32-30-28-26-23-12-10-8-6-4-2/h15-16,36-37,42H,3-14,17-35H2,1-2H3,(H,41,43)(H,45,46)(H,47,48)/b16-15+. The third-order valence-electron chi connectivity index (χ3n) is 9.05. The van der Waals surface area contributed by atoms with E-state index in [4.69, 9.17) is 13.8 Å². The molecule has 0 aromatic carbocycles. The fourth-order valence-electron chi connectivity index (χ4n) is 5.78. The van der Waals surface area contributed by atoms with Crippen LogP contribution >= 0.6 is 7.82 Å². The molecule has 0 aromatic rings. The van der Waals surface area contributed by atoms with E-state index in [2.05, 4.69) is 31.3 Å². The lowest BCUT2D eigenvalue weighted by molar-refractivity contribution is -0.147. The lowest BCUT2D eigenvalue weighted by Crippen LogP contribution is -2.43. The lowest BCUT2D eigenvalue weighted by Gasteiger charge is -2.18. The number of phosphoric acid groups is 1. The van der Waals surface area contributed by atoms with E-state index in [9.17, 15) is 34.1 Å². The van der Waals surface area contributed by atoms with E-state index in [1.807, 2.05) is 0 Å². The Morgan fingerprint density at radius 2 is 1.00 bits per heavy atom. The molecule has 0 aromatic heterocycles. The van der Waals surface area contributed by atoms with E-state index in [0.29, 0.717) is 12.8 Å². The van der Waals surface area contributed by atoms with Gasteiger partial charge < -0.3 is 25.2 Å². The number of hydrogen-bond donors (Lipinski definition) is 4. The van der Waals surface area contributed by atoms with Crippen LogP contribution in [0.15, 0.2) is 12.2 Å². The number of nitrogens with one attached hydrogen (secondary N) is 1. The summed E-state index contributed by atoms with van der Waals surface area (Å²) in [6.45, 7) is 2.56. The van der Waals surface area contributed by atoms with E-state index in [1.54, 1.807) is 0 Å². The van der Waals surface area contributed by atoms with Crippen molar-refractivity contribution in [2.24, 2.45) is 0 Å². The monoisotopic (exact) mass is 762 g/mol. The second-order valence-electron chi connectivity index (χ2n) is 14.2. The Hall–Kier alpha value is -1.78. The summed E-state index contributed by atoms with van der Waals surface area (Å²) in [6, 6.07) is -1.54. The number of rotatable bonds is 39. The molecule has 52 heavy (non-hydrogen) atoms. The fraction of sp³-hybridized carbons (Fsp3) is 0.875. The van der Waals surface area contributed by atoms with Gasteiger partial charge in [-0.2, -0.15) is 0 Å². The number of carboxylic acid groups (broad SMARTS) is 1. The Balaban J connectivity index is 3.90. The molecule has 3 atom stereocenters.